The highest BCUT2D eigenvalue weighted by atomic mass is 35.5. The molecule has 2 rings (SSSR count). The van der Waals surface area contributed by atoms with E-state index >= 15 is 0 Å². The lowest BCUT2D eigenvalue weighted by Gasteiger charge is -2.15. The van der Waals surface area contributed by atoms with Crippen molar-refractivity contribution in [2.75, 3.05) is 0 Å². The van der Waals surface area contributed by atoms with Crippen molar-refractivity contribution in [3.05, 3.63) is 70.2 Å². The Balaban J connectivity index is 2.04. The van der Waals surface area contributed by atoms with Crippen LogP contribution in [-0.2, 0) is 6.54 Å². The summed E-state index contributed by atoms with van der Waals surface area (Å²) >= 11 is 6.15. The molecule has 0 unspecified atom stereocenters. The summed E-state index contributed by atoms with van der Waals surface area (Å²) in [4.78, 5) is 10.9. The number of halogens is 1. The zero-order valence-corrected chi connectivity index (χ0v) is 11.9. The van der Waals surface area contributed by atoms with Gasteiger partial charge in [-0.05, 0) is 36.2 Å². The van der Waals surface area contributed by atoms with Gasteiger partial charge in [0.15, 0.2) is 0 Å². The molecule has 0 bridgehead atoms. The van der Waals surface area contributed by atoms with Gasteiger partial charge in [0.1, 0.15) is 0 Å². The van der Waals surface area contributed by atoms with E-state index in [4.69, 9.17) is 16.7 Å². The number of carboxylic acid groups (broad SMARTS) is 1. The van der Waals surface area contributed by atoms with Crippen molar-refractivity contribution in [1.29, 1.82) is 0 Å². The maximum Gasteiger partial charge on any atom is 0.335 e. The quantitative estimate of drug-likeness (QED) is 0.878. The molecule has 0 aliphatic carbocycles. The zero-order chi connectivity index (χ0) is 14.5. The number of carbonyl (C=O) groups is 1. The fourth-order valence-electron chi connectivity index (χ4n) is 2.02. The molecular weight excluding hydrogens is 274 g/mol. The van der Waals surface area contributed by atoms with E-state index in [1.807, 2.05) is 37.3 Å². The van der Waals surface area contributed by atoms with Crippen molar-refractivity contribution < 1.29 is 9.90 Å². The number of rotatable bonds is 5. The number of hydrogen-bond acceptors (Lipinski definition) is 2. The molecule has 0 saturated carbocycles. The Morgan fingerprint density at radius 3 is 2.70 bits per heavy atom. The third-order valence-corrected chi connectivity index (χ3v) is 3.50. The van der Waals surface area contributed by atoms with Crippen LogP contribution in [0.5, 0.6) is 0 Å². The topological polar surface area (TPSA) is 49.3 Å². The summed E-state index contributed by atoms with van der Waals surface area (Å²) in [5.74, 6) is -0.911. The van der Waals surface area contributed by atoms with E-state index in [9.17, 15) is 4.79 Å². The van der Waals surface area contributed by atoms with Gasteiger partial charge in [0.25, 0.3) is 0 Å². The molecule has 0 radical (unpaired) electrons. The second-order valence-electron chi connectivity index (χ2n) is 4.63. The van der Waals surface area contributed by atoms with Gasteiger partial charge in [-0.2, -0.15) is 0 Å². The molecule has 2 N–H and O–H groups in total. The van der Waals surface area contributed by atoms with Crippen LogP contribution in [0.2, 0.25) is 5.02 Å². The minimum absolute atomic E-state index is 0.0946. The summed E-state index contributed by atoms with van der Waals surface area (Å²) in [6, 6.07) is 14.7. The molecule has 0 spiro atoms. The number of carboxylic acids is 1. The third-order valence-electron chi connectivity index (χ3n) is 3.16. The van der Waals surface area contributed by atoms with Gasteiger partial charge >= 0.3 is 5.97 Å². The summed E-state index contributed by atoms with van der Waals surface area (Å²) in [5, 5.41) is 13.0. The fraction of sp³-hybridized carbons (Fsp3) is 0.188. The highest BCUT2D eigenvalue weighted by Gasteiger charge is 2.09. The predicted molar refractivity (Wildman–Crippen MR) is 80.1 cm³/mol. The van der Waals surface area contributed by atoms with Gasteiger partial charge in [0.2, 0.25) is 0 Å². The molecule has 20 heavy (non-hydrogen) atoms. The molecule has 2 aromatic carbocycles. The second kappa shape index (κ2) is 6.55. The summed E-state index contributed by atoms with van der Waals surface area (Å²) in [6.45, 7) is 2.62. The average Bonchev–Trinajstić information content (AvgIpc) is 2.45. The van der Waals surface area contributed by atoms with E-state index < -0.39 is 5.97 Å². The molecule has 3 nitrogen and oxygen atoms in total. The molecular formula is C16H16ClNO2. The molecule has 0 aliphatic rings. The molecule has 0 amide bonds. The van der Waals surface area contributed by atoms with E-state index in [1.165, 1.54) is 0 Å². The Kier molecular flexibility index (Phi) is 4.77. The van der Waals surface area contributed by atoms with Crippen molar-refractivity contribution in [2.24, 2.45) is 0 Å². The first-order chi connectivity index (χ1) is 9.58. The van der Waals surface area contributed by atoms with Gasteiger partial charge < -0.3 is 10.4 Å². The lowest BCUT2D eigenvalue weighted by atomic mass is 10.1. The Hall–Kier alpha value is -1.84. The summed E-state index contributed by atoms with van der Waals surface area (Å²) in [5.41, 5.74) is 2.27. The largest absolute Gasteiger partial charge is 0.478 e. The van der Waals surface area contributed by atoms with E-state index in [0.717, 1.165) is 16.1 Å². The smallest absolute Gasteiger partial charge is 0.335 e. The fourth-order valence-corrected chi connectivity index (χ4v) is 2.32. The van der Waals surface area contributed by atoms with Crippen molar-refractivity contribution in [2.45, 2.75) is 19.5 Å². The normalized spacial score (nSPS) is 12.1. The molecule has 4 heteroatoms. The van der Waals surface area contributed by atoms with Crippen LogP contribution in [0.4, 0.5) is 0 Å². The van der Waals surface area contributed by atoms with Crippen molar-refractivity contribution in [3.63, 3.8) is 0 Å². The minimum Gasteiger partial charge on any atom is -0.478 e. The third kappa shape index (κ3) is 3.59. The van der Waals surface area contributed by atoms with Crippen molar-refractivity contribution in [1.82, 2.24) is 5.32 Å². The monoisotopic (exact) mass is 289 g/mol. The summed E-state index contributed by atoms with van der Waals surface area (Å²) in [6.07, 6.45) is 0. The Morgan fingerprint density at radius 2 is 2.00 bits per heavy atom. The highest BCUT2D eigenvalue weighted by molar-refractivity contribution is 6.31. The molecule has 0 fully saturated rings. The van der Waals surface area contributed by atoms with Gasteiger partial charge in [-0.1, -0.05) is 41.9 Å². The van der Waals surface area contributed by atoms with E-state index in [1.54, 1.807) is 18.2 Å². The Morgan fingerprint density at radius 1 is 1.25 bits per heavy atom. The molecule has 0 aliphatic heterocycles. The van der Waals surface area contributed by atoms with Crippen LogP contribution in [0.3, 0.4) is 0 Å². The van der Waals surface area contributed by atoms with Crippen LogP contribution < -0.4 is 5.32 Å². The lowest BCUT2D eigenvalue weighted by molar-refractivity contribution is 0.0696. The summed E-state index contributed by atoms with van der Waals surface area (Å²) in [7, 11) is 0. The van der Waals surface area contributed by atoms with E-state index in [2.05, 4.69) is 5.32 Å². The van der Waals surface area contributed by atoms with Gasteiger partial charge in [-0.3, -0.25) is 0 Å². The summed E-state index contributed by atoms with van der Waals surface area (Å²) < 4.78 is 0. The van der Waals surface area contributed by atoms with Crippen molar-refractivity contribution >= 4 is 17.6 Å². The molecule has 0 aromatic heterocycles. The van der Waals surface area contributed by atoms with E-state index in [0.29, 0.717) is 12.1 Å². The molecule has 1 atom stereocenters. The highest BCUT2D eigenvalue weighted by Crippen LogP contribution is 2.22. The van der Waals surface area contributed by atoms with Crippen LogP contribution in [0, 0.1) is 0 Å². The molecule has 2 aromatic rings. The predicted octanol–water partition coefficient (Wildman–Crippen LogP) is 3.89. The van der Waals surface area contributed by atoms with Gasteiger partial charge in [0, 0.05) is 17.6 Å². The van der Waals surface area contributed by atoms with Crippen LogP contribution in [0.15, 0.2) is 48.5 Å². The van der Waals surface area contributed by atoms with Gasteiger partial charge in [-0.25, -0.2) is 4.79 Å². The molecule has 104 valence electrons. The van der Waals surface area contributed by atoms with Crippen LogP contribution in [0.1, 0.15) is 34.5 Å². The second-order valence-corrected chi connectivity index (χ2v) is 5.04. The van der Waals surface area contributed by atoms with Crippen LogP contribution in [-0.4, -0.2) is 11.1 Å². The lowest BCUT2D eigenvalue weighted by Crippen LogP contribution is -2.18. The number of nitrogens with one attached hydrogen (secondary N) is 1. The van der Waals surface area contributed by atoms with E-state index in [-0.39, 0.29) is 6.04 Å². The number of hydrogen-bond donors (Lipinski definition) is 2. The van der Waals surface area contributed by atoms with Crippen LogP contribution in [0.25, 0.3) is 0 Å². The standard InChI is InChI=1S/C16H16ClNO2/c1-11(14-7-2-3-8-15(14)17)18-10-12-5-4-6-13(9-12)16(19)20/h2-9,11,18H,10H2,1H3,(H,19,20)/t11-/m1/s1. The average molecular weight is 290 g/mol. The van der Waals surface area contributed by atoms with Crippen LogP contribution >= 0.6 is 11.6 Å². The first-order valence-corrected chi connectivity index (χ1v) is 6.76. The van der Waals surface area contributed by atoms with Crippen molar-refractivity contribution in [3.8, 4) is 0 Å². The minimum atomic E-state index is -0.911. The maximum atomic E-state index is 10.9. The SMILES string of the molecule is C[C@@H](NCc1cccc(C(=O)O)c1)c1ccccc1Cl. The van der Waals surface area contributed by atoms with Gasteiger partial charge in [0.05, 0.1) is 5.56 Å². The first-order valence-electron chi connectivity index (χ1n) is 6.38. The zero-order valence-electron chi connectivity index (χ0n) is 11.1. The van der Waals surface area contributed by atoms with Gasteiger partial charge in [-0.15, -0.1) is 0 Å². The maximum absolute atomic E-state index is 10.9. The Labute approximate surface area is 123 Å². The molecule has 0 saturated heterocycles. The number of aromatic carboxylic acids is 1. The molecule has 0 heterocycles. The Bertz CT molecular complexity index is 613. The first kappa shape index (κ1) is 14.6. The number of benzene rings is 2.